The molecule has 0 saturated carbocycles. The second kappa shape index (κ2) is 2.25. The molecule has 2 atom stereocenters. The van der Waals surface area contributed by atoms with E-state index in [2.05, 4.69) is 5.32 Å². The number of β-amino-alcohol motifs (C(OH)–C–C–N with tert-alkyl or cyclic N) is 1. The van der Waals surface area contributed by atoms with Crippen molar-refractivity contribution < 1.29 is 10.2 Å². The van der Waals surface area contributed by atoms with Crippen LogP contribution in [0.3, 0.4) is 0 Å². The van der Waals surface area contributed by atoms with Gasteiger partial charge in [-0.1, -0.05) is 0 Å². The Morgan fingerprint density at radius 2 is 2.44 bits per heavy atom. The van der Waals surface area contributed by atoms with E-state index in [1.54, 1.807) is 0 Å². The Morgan fingerprint density at radius 3 is 2.67 bits per heavy atom. The van der Waals surface area contributed by atoms with Crippen molar-refractivity contribution in [1.82, 2.24) is 5.32 Å². The quantitative estimate of drug-likeness (QED) is 0.432. The molecule has 1 rings (SSSR count). The van der Waals surface area contributed by atoms with Crippen molar-refractivity contribution >= 4 is 0 Å². The molecule has 9 heavy (non-hydrogen) atoms. The van der Waals surface area contributed by atoms with Gasteiger partial charge in [0.15, 0.2) is 0 Å². The highest BCUT2D eigenvalue weighted by atomic mass is 16.3. The SMILES string of the molecule is CC1(CO)CC(O)CN1. The summed E-state index contributed by atoms with van der Waals surface area (Å²) in [6, 6.07) is 0. The average Bonchev–Trinajstić information content (AvgIpc) is 2.13. The van der Waals surface area contributed by atoms with Gasteiger partial charge in [-0.25, -0.2) is 0 Å². The fourth-order valence-corrected chi connectivity index (χ4v) is 1.15. The molecule has 2 unspecified atom stereocenters. The van der Waals surface area contributed by atoms with Crippen molar-refractivity contribution in [2.45, 2.75) is 25.0 Å². The lowest BCUT2D eigenvalue weighted by Gasteiger charge is -2.19. The molecule has 1 aliphatic heterocycles. The summed E-state index contributed by atoms with van der Waals surface area (Å²) >= 11 is 0. The Morgan fingerprint density at radius 1 is 1.78 bits per heavy atom. The maximum absolute atomic E-state index is 9.02. The Bertz CT molecular complexity index is 107. The number of aliphatic hydroxyl groups excluding tert-OH is 2. The van der Waals surface area contributed by atoms with Crippen LogP contribution in [0.15, 0.2) is 0 Å². The molecule has 1 heterocycles. The Labute approximate surface area is 54.7 Å². The smallest absolute Gasteiger partial charge is 0.0683 e. The Hall–Kier alpha value is -0.120. The molecule has 0 aliphatic carbocycles. The predicted molar refractivity (Wildman–Crippen MR) is 34.1 cm³/mol. The van der Waals surface area contributed by atoms with Gasteiger partial charge in [0, 0.05) is 12.1 Å². The first-order valence-corrected chi connectivity index (χ1v) is 3.20. The normalized spacial score (nSPS) is 43.7. The minimum Gasteiger partial charge on any atom is -0.394 e. The van der Waals surface area contributed by atoms with Gasteiger partial charge in [-0.2, -0.15) is 0 Å². The van der Waals surface area contributed by atoms with Crippen LogP contribution < -0.4 is 5.32 Å². The topological polar surface area (TPSA) is 52.5 Å². The summed E-state index contributed by atoms with van der Waals surface area (Å²) in [7, 11) is 0. The van der Waals surface area contributed by atoms with Gasteiger partial charge in [0.1, 0.15) is 0 Å². The molecule has 0 aromatic heterocycles. The third kappa shape index (κ3) is 1.41. The molecule has 0 aromatic carbocycles. The lowest BCUT2D eigenvalue weighted by atomic mass is 10.0. The van der Waals surface area contributed by atoms with Crippen LogP contribution in [0.4, 0.5) is 0 Å². The van der Waals surface area contributed by atoms with Crippen molar-refractivity contribution in [3.63, 3.8) is 0 Å². The summed E-state index contributed by atoms with van der Waals surface area (Å²) in [5, 5.41) is 20.8. The number of hydrogen-bond donors (Lipinski definition) is 3. The summed E-state index contributed by atoms with van der Waals surface area (Å²) in [6.07, 6.45) is 0.380. The molecule has 0 aromatic rings. The highest BCUT2D eigenvalue weighted by molar-refractivity contribution is 4.92. The molecule has 1 fully saturated rings. The predicted octanol–water partition coefficient (Wildman–Crippen LogP) is -0.908. The van der Waals surface area contributed by atoms with Crippen LogP contribution in [0.2, 0.25) is 0 Å². The van der Waals surface area contributed by atoms with E-state index in [-0.39, 0.29) is 18.2 Å². The van der Waals surface area contributed by atoms with Crippen molar-refractivity contribution in [2.75, 3.05) is 13.2 Å². The maximum atomic E-state index is 9.02. The van der Waals surface area contributed by atoms with Crippen LogP contribution in [0.1, 0.15) is 13.3 Å². The molecule has 54 valence electrons. The van der Waals surface area contributed by atoms with Crippen LogP contribution in [0.25, 0.3) is 0 Å². The maximum Gasteiger partial charge on any atom is 0.0683 e. The molecule has 1 saturated heterocycles. The first kappa shape index (κ1) is 6.99. The van der Waals surface area contributed by atoms with E-state index in [9.17, 15) is 0 Å². The van der Waals surface area contributed by atoms with Gasteiger partial charge in [0.2, 0.25) is 0 Å². The van der Waals surface area contributed by atoms with E-state index in [0.29, 0.717) is 13.0 Å². The van der Waals surface area contributed by atoms with E-state index in [0.717, 1.165) is 0 Å². The fourth-order valence-electron chi connectivity index (χ4n) is 1.15. The zero-order valence-corrected chi connectivity index (χ0v) is 5.59. The van der Waals surface area contributed by atoms with Gasteiger partial charge in [0.05, 0.1) is 12.7 Å². The number of aliphatic hydroxyl groups is 2. The molecular weight excluding hydrogens is 118 g/mol. The monoisotopic (exact) mass is 131 g/mol. The summed E-state index contributed by atoms with van der Waals surface area (Å²) in [4.78, 5) is 0. The lowest BCUT2D eigenvalue weighted by Crippen LogP contribution is -2.39. The zero-order chi connectivity index (χ0) is 6.91. The summed E-state index contributed by atoms with van der Waals surface area (Å²) in [5.74, 6) is 0. The molecule has 0 amide bonds. The highest BCUT2D eigenvalue weighted by Gasteiger charge is 2.32. The van der Waals surface area contributed by atoms with E-state index < -0.39 is 0 Å². The van der Waals surface area contributed by atoms with Gasteiger partial charge in [-0.05, 0) is 13.3 Å². The van der Waals surface area contributed by atoms with E-state index in [4.69, 9.17) is 10.2 Å². The van der Waals surface area contributed by atoms with Crippen LogP contribution in [0.5, 0.6) is 0 Å². The fraction of sp³-hybridized carbons (Fsp3) is 1.00. The van der Waals surface area contributed by atoms with Gasteiger partial charge >= 0.3 is 0 Å². The molecule has 0 bridgehead atoms. The largest absolute Gasteiger partial charge is 0.394 e. The molecule has 3 nitrogen and oxygen atoms in total. The van der Waals surface area contributed by atoms with Crippen molar-refractivity contribution in [1.29, 1.82) is 0 Å². The van der Waals surface area contributed by atoms with E-state index >= 15 is 0 Å². The second-order valence-electron chi connectivity index (χ2n) is 2.96. The average molecular weight is 131 g/mol. The number of rotatable bonds is 1. The summed E-state index contributed by atoms with van der Waals surface area (Å²) < 4.78 is 0. The zero-order valence-electron chi connectivity index (χ0n) is 5.59. The highest BCUT2D eigenvalue weighted by Crippen LogP contribution is 2.17. The van der Waals surface area contributed by atoms with Crippen LogP contribution in [-0.4, -0.2) is 35.0 Å². The molecule has 3 N–H and O–H groups in total. The number of nitrogens with one attached hydrogen (secondary N) is 1. The van der Waals surface area contributed by atoms with Crippen molar-refractivity contribution in [2.24, 2.45) is 0 Å². The standard InChI is InChI=1S/C6H13NO2/c1-6(4-8)2-5(9)3-7-6/h5,7-9H,2-4H2,1H3. The first-order chi connectivity index (χ1) is 4.16. The summed E-state index contributed by atoms with van der Waals surface area (Å²) in [6.45, 7) is 2.62. The molecular formula is C6H13NO2. The van der Waals surface area contributed by atoms with Crippen LogP contribution in [-0.2, 0) is 0 Å². The minimum absolute atomic E-state index is 0.101. The van der Waals surface area contributed by atoms with E-state index in [1.807, 2.05) is 6.92 Å². The van der Waals surface area contributed by atoms with Crippen molar-refractivity contribution in [3.05, 3.63) is 0 Å². The molecule has 0 spiro atoms. The van der Waals surface area contributed by atoms with Crippen LogP contribution >= 0.6 is 0 Å². The Balaban J connectivity index is 2.45. The lowest BCUT2D eigenvalue weighted by molar-refractivity contribution is 0.156. The van der Waals surface area contributed by atoms with Crippen LogP contribution in [0, 0.1) is 0 Å². The van der Waals surface area contributed by atoms with E-state index in [1.165, 1.54) is 0 Å². The third-order valence-corrected chi connectivity index (χ3v) is 1.80. The van der Waals surface area contributed by atoms with Crippen molar-refractivity contribution in [3.8, 4) is 0 Å². The third-order valence-electron chi connectivity index (χ3n) is 1.80. The van der Waals surface area contributed by atoms with Gasteiger partial charge in [-0.15, -0.1) is 0 Å². The number of hydrogen-bond acceptors (Lipinski definition) is 3. The second-order valence-corrected chi connectivity index (χ2v) is 2.96. The summed E-state index contributed by atoms with van der Waals surface area (Å²) in [5.41, 5.74) is -0.237. The van der Waals surface area contributed by atoms with Gasteiger partial charge < -0.3 is 15.5 Å². The van der Waals surface area contributed by atoms with Gasteiger partial charge in [-0.3, -0.25) is 0 Å². The molecule has 3 heteroatoms. The Kier molecular flexibility index (Phi) is 1.75. The minimum atomic E-state index is -0.276. The van der Waals surface area contributed by atoms with Gasteiger partial charge in [0.25, 0.3) is 0 Å². The first-order valence-electron chi connectivity index (χ1n) is 3.20. The molecule has 1 aliphatic rings. The molecule has 0 radical (unpaired) electrons.